The summed E-state index contributed by atoms with van der Waals surface area (Å²) >= 11 is 6.12. The van der Waals surface area contributed by atoms with Crippen LogP contribution in [0.25, 0.3) is 0 Å². The molecule has 2 saturated heterocycles. The van der Waals surface area contributed by atoms with Crippen LogP contribution >= 0.6 is 36.4 Å². The molecule has 0 aromatic heterocycles. The van der Waals surface area contributed by atoms with Crippen LogP contribution in [0.2, 0.25) is 5.02 Å². The van der Waals surface area contributed by atoms with Crippen molar-refractivity contribution < 1.29 is 9.53 Å². The summed E-state index contributed by atoms with van der Waals surface area (Å²) in [6.07, 6.45) is 2.50. The van der Waals surface area contributed by atoms with Crippen molar-refractivity contribution in [1.29, 1.82) is 0 Å². The monoisotopic (exact) mass is 423 g/mol. The molecule has 0 saturated carbocycles. The summed E-state index contributed by atoms with van der Waals surface area (Å²) < 4.78 is 5.56. The molecule has 1 N–H and O–H groups in total. The van der Waals surface area contributed by atoms with Crippen molar-refractivity contribution in [2.24, 2.45) is 0 Å². The maximum atomic E-state index is 12.3. The lowest BCUT2D eigenvalue weighted by atomic mass is 10.1. The third-order valence-corrected chi connectivity index (χ3v) is 5.05. The number of carbonyl (C=O) groups is 1. The standard InChI is InChI=1S/C18H26ClN3O2.2ClH/c1-14-4-5-15(19)11-17(14)21-6-8-22(9-7-21)18(23)13-20-12-16-3-2-10-24-16;;/h4-5,11,16,20H,2-3,6-10,12-13H2,1H3;2*1H. The van der Waals surface area contributed by atoms with E-state index in [0.717, 1.165) is 57.2 Å². The van der Waals surface area contributed by atoms with Gasteiger partial charge in [0.15, 0.2) is 0 Å². The second-order valence-electron chi connectivity index (χ2n) is 6.56. The molecule has 1 atom stereocenters. The second kappa shape index (κ2) is 11.2. The fraction of sp³-hybridized carbons (Fsp3) is 0.611. The first-order chi connectivity index (χ1) is 11.6. The highest BCUT2D eigenvalue weighted by Crippen LogP contribution is 2.25. The van der Waals surface area contributed by atoms with Crippen LogP contribution in [0.15, 0.2) is 18.2 Å². The summed E-state index contributed by atoms with van der Waals surface area (Å²) in [6.45, 7) is 7.32. The van der Waals surface area contributed by atoms with Gasteiger partial charge in [0.1, 0.15) is 0 Å². The van der Waals surface area contributed by atoms with Crippen LogP contribution in [-0.4, -0.2) is 62.8 Å². The number of anilines is 1. The number of carbonyl (C=O) groups excluding carboxylic acids is 1. The number of aryl methyl sites for hydroxylation is 1. The number of hydrogen-bond acceptors (Lipinski definition) is 4. The summed E-state index contributed by atoms with van der Waals surface area (Å²) in [7, 11) is 0. The highest BCUT2D eigenvalue weighted by Gasteiger charge is 2.22. The van der Waals surface area contributed by atoms with Crippen LogP contribution in [-0.2, 0) is 9.53 Å². The number of nitrogens with zero attached hydrogens (tertiary/aromatic N) is 2. The molecule has 2 fully saturated rings. The fourth-order valence-corrected chi connectivity index (χ4v) is 3.54. The Hall–Kier alpha value is -0.720. The molecule has 2 heterocycles. The highest BCUT2D eigenvalue weighted by molar-refractivity contribution is 6.30. The Balaban J connectivity index is 0.00000169. The molecule has 0 bridgehead atoms. The van der Waals surface area contributed by atoms with E-state index >= 15 is 0 Å². The molecular weight excluding hydrogens is 397 g/mol. The van der Waals surface area contributed by atoms with E-state index in [-0.39, 0.29) is 36.8 Å². The molecular formula is C18H28Cl3N3O2. The minimum Gasteiger partial charge on any atom is -0.377 e. The number of ether oxygens (including phenoxy) is 1. The fourth-order valence-electron chi connectivity index (χ4n) is 3.38. The van der Waals surface area contributed by atoms with Gasteiger partial charge in [-0.2, -0.15) is 0 Å². The van der Waals surface area contributed by atoms with E-state index in [1.807, 2.05) is 23.1 Å². The number of piperazine rings is 1. The Kier molecular flexibility index (Phi) is 10.0. The predicted octanol–water partition coefficient (Wildman–Crippen LogP) is 2.91. The van der Waals surface area contributed by atoms with Gasteiger partial charge in [0.25, 0.3) is 0 Å². The molecule has 1 aromatic rings. The Morgan fingerprint density at radius 1 is 1.27 bits per heavy atom. The molecule has 3 rings (SSSR count). The average Bonchev–Trinajstić information content (AvgIpc) is 3.10. The third kappa shape index (κ3) is 6.17. The summed E-state index contributed by atoms with van der Waals surface area (Å²) in [4.78, 5) is 16.6. The lowest BCUT2D eigenvalue weighted by Crippen LogP contribution is -2.51. The number of halogens is 3. The van der Waals surface area contributed by atoms with Crippen LogP contribution in [0.5, 0.6) is 0 Å². The Bertz CT molecular complexity index is 575. The SMILES string of the molecule is Cc1ccc(Cl)cc1N1CCN(C(=O)CNCC2CCCO2)CC1.Cl.Cl. The minimum absolute atomic E-state index is 0. The van der Waals surface area contributed by atoms with Gasteiger partial charge in [-0.1, -0.05) is 17.7 Å². The van der Waals surface area contributed by atoms with Gasteiger partial charge in [-0.3, -0.25) is 4.79 Å². The first-order valence-electron chi connectivity index (χ1n) is 8.74. The van der Waals surface area contributed by atoms with Gasteiger partial charge in [-0.25, -0.2) is 0 Å². The number of hydrogen-bond donors (Lipinski definition) is 1. The summed E-state index contributed by atoms with van der Waals surface area (Å²) in [5, 5.41) is 3.99. The largest absolute Gasteiger partial charge is 0.377 e. The van der Waals surface area contributed by atoms with Gasteiger partial charge in [0, 0.05) is 50.0 Å². The van der Waals surface area contributed by atoms with E-state index in [0.29, 0.717) is 6.54 Å². The lowest BCUT2D eigenvalue weighted by molar-refractivity contribution is -0.130. The lowest BCUT2D eigenvalue weighted by Gasteiger charge is -2.37. The maximum absolute atomic E-state index is 12.3. The predicted molar refractivity (Wildman–Crippen MR) is 111 cm³/mol. The summed E-state index contributed by atoms with van der Waals surface area (Å²) in [5.74, 6) is 0.176. The highest BCUT2D eigenvalue weighted by atomic mass is 35.5. The Morgan fingerprint density at radius 2 is 2.00 bits per heavy atom. The number of rotatable bonds is 5. The van der Waals surface area contributed by atoms with Crippen molar-refractivity contribution in [2.45, 2.75) is 25.9 Å². The van der Waals surface area contributed by atoms with Crippen molar-refractivity contribution >= 4 is 48.0 Å². The molecule has 5 nitrogen and oxygen atoms in total. The zero-order chi connectivity index (χ0) is 16.9. The first-order valence-corrected chi connectivity index (χ1v) is 9.12. The van der Waals surface area contributed by atoms with Crippen LogP contribution in [0, 0.1) is 6.92 Å². The minimum atomic E-state index is 0. The quantitative estimate of drug-likeness (QED) is 0.789. The van der Waals surface area contributed by atoms with Gasteiger partial charge in [0.2, 0.25) is 5.91 Å². The van der Waals surface area contributed by atoms with Gasteiger partial charge in [-0.05, 0) is 37.5 Å². The molecule has 0 radical (unpaired) electrons. The van der Waals surface area contributed by atoms with E-state index in [1.54, 1.807) is 0 Å². The van der Waals surface area contributed by atoms with Crippen LogP contribution in [0.1, 0.15) is 18.4 Å². The molecule has 0 spiro atoms. The molecule has 1 unspecified atom stereocenters. The zero-order valence-electron chi connectivity index (χ0n) is 15.1. The normalized spacial score (nSPS) is 19.7. The molecule has 26 heavy (non-hydrogen) atoms. The molecule has 2 aliphatic rings. The Morgan fingerprint density at radius 3 is 2.65 bits per heavy atom. The zero-order valence-corrected chi connectivity index (χ0v) is 17.5. The smallest absolute Gasteiger partial charge is 0.236 e. The molecule has 1 amide bonds. The van der Waals surface area contributed by atoms with Crippen molar-refractivity contribution in [3.8, 4) is 0 Å². The van der Waals surface area contributed by atoms with Crippen molar-refractivity contribution in [2.75, 3.05) is 50.8 Å². The van der Waals surface area contributed by atoms with Crippen molar-refractivity contribution in [1.82, 2.24) is 10.2 Å². The van der Waals surface area contributed by atoms with Crippen LogP contribution < -0.4 is 10.2 Å². The second-order valence-corrected chi connectivity index (χ2v) is 7.00. The molecule has 148 valence electrons. The Labute approximate surface area is 173 Å². The van der Waals surface area contributed by atoms with Crippen molar-refractivity contribution in [3.05, 3.63) is 28.8 Å². The van der Waals surface area contributed by atoms with E-state index in [9.17, 15) is 4.79 Å². The van der Waals surface area contributed by atoms with Gasteiger partial charge in [-0.15, -0.1) is 24.8 Å². The third-order valence-electron chi connectivity index (χ3n) is 4.82. The number of nitrogens with one attached hydrogen (secondary N) is 1. The molecule has 2 aliphatic heterocycles. The van der Waals surface area contributed by atoms with E-state index < -0.39 is 0 Å². The average molecular weight is 425 g/mol. The van der Waals surface area contributed by atoms with E-state index in [2.05, 4.69) is 17.1 Å². The number of amides is 1. The van der Waals surface area contributed by atoms with Gasteiger partial charge in [0.05, 0.1) is 12.6 Å². The van der Waals surface area contributed by atoms with E-state index in [1.165, 1.54) is 11.3 Å². The van der Waals surface area contributed by atoms with Crippen molar-refractivity contribution in [3.63, 3.8) is 0 Å². The molecule has 1 aromatic carbocycles. The maximum Gasteiger partial charge on any atom is 0.236 e. The first kappa shape index (κ1) is 23.3. The van der Waals surface area contributed by atoms with Gasteiger partial charge >= 0.3 is 0 Å². The van der Waals surface area contributed by atoms with E-state index in [4.69, 9.17) is 16.3 Å². The molecule has 8 heteroatoms. The molecule has 0 aliphatic carbocycles. The summed E-state index contributed by atoms with van der Waals surface area (Å²) in [6, 6.07) is 5.97. The van der Waals surface area contributed by atoms with Crippen LogP contribution in [0.4, 0.5) is 5.69 Å². The number of benzene rings is 1. The topological polar surface area (TPSA) is 44.8 Å². The summed E-state index contributed by atoms with van der Waals surface area (Å²) in [5.41, 5.74) is 2.39. The van der Waals surface area contributed by atoms with Gasteiger partial charge < -0.3 is 19.9 Å². The van der Waals surface area contributed by atoms with Crippen LogP contribution in [0.3, 0.4) is 0 Å².